The van der Waals surface area contributed by atoms with E-state index in [4.69, 9.17) is 0 Å². The maximum Gasteiger partial charge on any atom is 0.317 e. The number of carbonyl (C=O) groups is 1. The van der Waals surface area contributed by atoms with Crippen molar-refractivity contribution < 1.29 is 13.2 Å². The number of amides is 2. The van der Waals surface area contributed by atoms with E-state index in [1.807, 2.05) is 18.2 Å². The molecule has 1 saturated heterocycles. The third-order valence-corrected chi connectivity index (χ3v) is 7.11. The largest absolute Gasteiger partial charge is 0.338 e. The Morgan fingerprint density at radius 1 is 0.967 bits per heavy atom. The van der Waals surface area contributed by atoms with Gasteiger partial charge in [0.15, 0.2) is 0 Å². The van der Waals surface area contributed by atoms with Crippen molar-refractivity contribution in [3.8, 4) is 0 Å². The lowest BCUT2D eigenvalue weighted by Crippen LogP contribution is -2.53. The van der Waals surface area contributed by atoms with Crippen LogP contribution in [-0.4, -0.2) is 74.9 Å². The summed E-state index contributed by atoms with van der Waals surface area (Å²) in [5.74, 6) is 0. The van der Waals surface area contributed by atoms with Crippen molar-refractivity contribution >= 4 is 16.1 Å². The van der Waals surface area contributed by atoms with Gasteiger partial charge in [0.05, 0.1) is 4.90 Å². The van der Waals surface area contributed by atoms with E-state index >= 15 is 0 Å². The second-order valence-corrected chi connectivity index (χ2v) is 9.45. The van der Waals surface area contributed by atoms with Crippen LogP contribution in [0.15, 0.2) is 65.6 Å². The zero-order chi connectivity index (χ0) is 21.4. The average molecular weight is 431 g/mol. The van der Waals surface area contributed by atoms with Crippen molar-refractivity contribution in [3.05, 3.63) is 66.2 Å². The predicted octanol–water partition coefficient (Wildman–Crippen LogP) is 2.22. The monoisotopic (exact) mass is 430 g/mol. The van der Waals surface area contributed by atoms with Gasteiger partial charge in [-0.2, -0.15) is 4.31 Å². The Balaban J connectivity index is 1.36. The molecular weight excluding hydrogens is 400 g/mol. The minimum atomic E-state index is -3.50. The van der Waals surface area contributed by atoms with Gasteiger partial charge in [-0.3, -0.25) is 0 Å². The van der Waals surface area contributed by atoms with Crippen LogP contribution < -0.4 is 5.32 Å². The first-order chi connectivity index (χ1) is 14.5. The molecule has 0 aliphatic carbocycles. The smallest absolute Gasteiger partial charge is 0.317 e. The average Bonchev–Trinajstić information content (AvgIpc) is 2.78. The molecule has 0 radical (unpaired) electrons. The van der Waals surface area contributed by atoms with Crippen LogP contribution in [-0.2, 0) is 16.6 Å². The highest BCUT2D eigenvalue weighted by Gasteiger charge is 2.29. The Hall–Kier alpha value is -2.42. The van der Waals surface area contributed by atoms with E-state index in [2.05, 4.69) is 29.4 Å². The fraction of sp³-hybridized carbons (Fsp3) is 0.409. The molecule has 3 rings (SSSR count). The Kier molecular flexibility index (Phi) is 7.84. The number of hydrogen-bond donors (Lipinski definition) is 1. The van der Waals surface area contributed by atoms with Gasteiger partial charge in [0.1, 0.15) is 0 Å². The fourth-order valence-electron chi connectivity index (χ4n) is 3.50. The highest BCUT2D eigenvalue weighted by Crippen LogP contribution is 2.17. The number of nitrogens with one attached hydrogen (secondary N) is 1. The van der Waals surface area contributed by atoms with Crippen LogP contribution in [0.2, 0.25) is 0 Å². The first-order valence-corrected chi connectivity index (χ1v) is 11.7. The summed E-state index contributed by atoms with van der Waals surface area (Å²) in [6.45, 7) is 3.78. The summed E-state index contributed by atoms with van der Waals surface area (Å²) in [5.41, 5.74) is 1.27. The van der Waals surface area contributed by atoms with Crippen molar-refractivity contribution in [2.24, 2.45) is 0 Å². The molecule has 2 aromatic rings. The van der Waals surface area contributed by atoms with Gasteiger partial charge in [0, 0.05) is 39.3 Å². The van der Waals surface area contributed by atoms with Crippen LogP contribution in [0.3, 0.4) is 0 Å². The van der Waals surface area contributed by atoms with Crippen LogP contribution in [0, 0.1) is 0 Å². The summed E-state index contributed by atoms with van der Waals surface area (Å²) in [6, 6.07) is 18.6. The normalized spacial score (nSPS) is 15.3. The van der Waals surface area contributed by atoms with Gasteiger partial charge in [0.2, 0.25) is 10.0 Å². The molecule has 1 aliphatic heterocycles. The van der Waals surface area contributed by atoms with Crippen molar-refractivity contribution in [2.45, 2.75) is 17.9 Å². The minimum Gasteiger partial charge on any atom is -0.338 e. The molecule has 0 aromatic heterocycles. The molecule has 0 bridgehead atoms. The molecule has 2 aromatic carbocycles. The van der Waals surface area contributed by atoms with Crippen molar-refractivity contribution in [1.29, 1.82) is 0 Å². The number of urea groups is 1. The van der Waals surface area contributed by atoms with E-state index in [0.717, 1.165) is 19.5 Å². The number of benzene rings is 2. The molecule has 2 amide bonds. The zero-order valence-corrected chi connectivity index (χ0v) is 18.2. The van der Waals surface area contributed by atoms with E-state index < -0.39 is 10.0 Å². The molecule has 0 unspecified atom stereocenters. The zero-order valence-electron chi connectivity index (χ0n) is 17.4. The van der Waals surface area contributed by atoms with Crippen molar-refractivity contribution in [1.82, 2.24) is 19.4 Å². The molecule has 1 aliphatic rings. The van der Waals surface area contributed by atoms with E-state index in [9.17, 15) is 13.2 Å². The van der Waals surface area contributed by atoms with E-state index in [0.29, 0.717) is 37.6 Å². The van der Waals surface area contributed by atoms with Crippen molar-refractivity contribution in [3.63, 3.8) is 0 Å². The number of nitrogens with zero attached hydrogens (tertiary/aromatic N) is 3. The summed E-state index contributed by atoms with van der Waals surface area (Å²) in [6.07, 6.45) is 0.859. The maximum atomic E-state index is 12.7. The lowest BCUT2D eigenvalue weighted by Gasteiger charge is -2.34. The Morgan fingerprint density at radius 2 is 1.57 bits per heavy atom. The number of rotatable bonds is 8. The minimum absolute atomic E-state index is 0.127. The second kappa shape index (κ2) is 10.6. The predicted molar refractivity (Wildman–Crippen MR) is 118 cm³/mol. The summed E-state index contributed by atoms with van der Waals surface area (Å²) in [4.78, 5) is 16.6. The van der Waals surface area contributed by atoms with Gasteiger partial charge in [-0.1, -0.05) is 48.5 Å². The highest BCUT2D eigenvalue weighted by atomic mass is 32.2. The third-order valence-electron chi connectivity index (χ3n) is 5.19. The van der Waals surface area contributed by atoms with Crippen LogP contribution in [0.1, 0.15) is 12.0 Å². The lowest BCUT2D eigenvalue weighted by atomic mass is 10.2. The van der Waals surface area contributed by atoms with Gasteiger partial charge in [0.25, 0.3) is 0 Å². The Bertz CT molecular complexity index is 898. The summed E-state index contributed by atoms with van der Waals surface area (Å²) >= 11 is 0. The number of carbonyl (C=O) groups excluding carboxylic acids is 1. The summed E-state index contributed by atoms with van der Waals surface area (Å²) < 4.78 is 26.8. The summed E-state index contributed by atoms with van der Waals surface area (Å²) in [7, 11) is -1.43. The number of piperazine rings is 1. The van der Waals surface area contributed by atoms with Gasteiger partial charge >= 0.3 is 6.03 Å². The molecule has 0 spiro atoms. The van der Waals surface area contributed by atoms with Gasteiger partial charge in [-0.05, 0) is 37.7 Å². The molecule has 1 N–H and O–H groups in total. The van der Waals surface area contributed by atoms with Crippen LogP contribution in [0.5, 0.6) is 0 Å². The first kappa shape index (κ1) is 22.3. The molecule has 0 saturated carbocycles. The molecule has 162 valence electrons. The molecule has 30 heavy (non-hydrogen) atoms. The van der Waals surface area contributed by atoms with Crippen molar-refractivity contribution in [2.75, 3.05) is 46.3 Å². The van der Waals surface area contributed by atoms with Crippen LogP contribution in [0.4, 0.5) is 4.79 Å². The van der Waals surface area contributed by atoms with Gasteiger partial charge < -0.3 is 15.1 Å². The number of hydrogen-bond acceptors (Lipinski definition) is 4. The standard InChI is InChI=1S/C22H30N4O3S/c1-24(19-20-9-4-2-5-10-20)14-8-13-23-22(27)25-15-17-26(18-16-25)30(28,29)21-11-6-3-7-12-21/h2-7,9-12H,8,13-19H2,1H3,(H,23,27). The third kappa shape index (κ3) is 6.04. The van der Waals surface area contributed by atoms with Crippen LogP contribution in [0.25, 0.3) is 0 Å². The molecule has 8 heteroatoms. The molecule has 1 fully saturated rings. The topological polar surface area (TPSA) is 73.0 Å². The van der Waals surface area contributed by atoms with Gasteiger partial charge in [-0.25, -0.2) is 13.2 Å². The highest BCUT2D eigenvalue weighted by molar-refractivity contribution is 7.89. The second-order valence-electron chi connectivity index (χ2n) is 7.51. The fourth-order valence-corrected chi connectivity index (χ4v) is 4.95. The Labute approximate surface area is 179 Å². The lowest BCUT2D eigenvalue weighted by molar-refractivity contribution is 0.172. The number of sulfonamides is 1. The van der Waals surface area contributed by atoms with Crippen LogP contribution >= 0.6 is 0 Å². The molecule has 1 heterocycles. The van der Waals surface area contributed by atoms with E-state index in [1.54, 1.807) is 35.2 Å². The van der Waals surface area contributed by atoms with E-state index in [-0.39, 0.29) is 6.03 Å². The van der Waals surface area contributed by atoms with E-state index in [1.165, 1.54) is 9.87 Å². The quantitative estimate of drug-likeness (QED) is 0.652. The van der Waals surface area contributed by atoms with Gasteiger partial charge in [-0.15, -0.1) is 0 Å². The molecule has 7 nitrogen and oxygen atoms in total. The first-order valence-electron chi connectivity index (χ1n) is 10.3. The SMILES string of the molecule is CN(CCCNC(=O)N1CCN(S(=O)(=O)c2ccccc2)CC1)Cc1ccccc1. The maximum absolute atomic E-state index is 12.7. The Morgan fingerprint density at radius 3 is 2.20 bits per heavy atom. The molecular formula is C22H30N4O3S. The molecule has 0 atom stereocenters. The summed E-state index contributed by atoms with van der Waals surface area (Å²) in [5, 5.41) is 2.95.